The molecule has 1 saturated heterocycles. The lowest BCUT2D eigenvalue weighted by Gasteiger charge is -2.21. The van der Waals surface area contributed by atoms with Crippen LogP contribution in [0, 0.1) is 17.5 Å². The van der Waals surface area contributed by atoms with Crippen molar-refractivity contribution in [3.63, 3.8) is 0 Å². The molecule has 1 fully saturated rings. The SMILES string of the molecule is C=CC(=O)N(OC(=O)C(F)(F)F)c1nccc(-c2sc(C3COCCN3)nc2-c2cccc(NS(=O)(=O)c3cc(F)ccc3F)c2F)n1. The maximum atomic E-state index is 16.1. The normalized spacial score (nSPS) is 15.1. The number of ether oxygens (including phenoxy) is 1. The number of benzene rings is 2. The second kappa shape index (κ2) is 13.7. The van der Waals surface area contributed by atoms with E-state index in [4.69, 9.17) is 4.74 Å². The Balaban J connectivity index is 1.61. The van der Waals surface area contributed by atoms with Gasteiger partial charge in [0.1, 0.15) is 21.5 Å². The van der Waals surface area contributed by atoms with Crippen molar-refractivity contribution in [2.75, 3.05) is 29.5 Å². The van der Waals surface area contributed by atoms with Crippen LogP contribution in [0.2, 0.25) is 0 Å². The number of nitrogens with zero attached hydrogens (tertiary/aromatic N) is 4. The lowest BCUT2D eigenvalue weighted by molar-refractivity contribution is -0.201. The van der Waals surface area contributed by atoms with E-state index in [0.717, 1.165) is 23.6 Å². The topological polar surface area (TPSA) is 153 Å². The fraction of sp³-hybridized carbons (Fsp3) is 0.179. The minimum atomic E-state index is -5.49. The van der Waals surface area contributed by atoms with Gasteiger partial charge in [-0.05, 0) is 42.5 Å². The predicted molar refractivity (Wildman–Crippen MR) is 157 cm³/mol. The molecule has 0 saturated carbocycles. The van der Waals surface area contributed by atoms with E-state index in [2.05, 4.69) is 31.7 Å². The molecule has 12 nitrogen and oxygen atoms in total. The number of halogens is 6. The molecular weight excluding hydrogens is 694 g/mol. The van der Waals surface area contributed by atoms with Crippen LogP contribution >= 0.6 is 11.3 Å². The summed E-state index contributed by atoms with van der Waals surface area (Å²) in [5.41, 5.74) is -1.25. The number of sulfonamides is 1. The first-order chi connectivity index (χ1) is 22.7. The van der Waals surface area contributed by atoms with Gasteiger partial charge >= 0.3 is 12.1 Å². The van der Waals surface area contributed by atoms with Gasteiger partial charge in [0.25, 0.3) is 21.9 Å². The molecule has 0 radical (unpaired) electrons. The van der Waals surface area contributed by atoms with Crippen molar-refractivity contribution in [1.82, 2.24) is 20.3 Å². The molecule has 2 aromatic carbocycles. The number of morpholine rings is 1. The van der Waals surface area contributed by atoms with Crippen LogP contribution in [0.1, 0.15) is 11.0 Å². The number of amides is 1. The van der Waals surface area contributed by atoms with Crippen LogP contribution in [-0.2, 0) is 29.2 Å². The maximum Gasteiger partial charge on any atom is 0.493 e. The molecule has 252 valence electrons. The van der Waals surface area contributed by atoms with Gasteiger partial charge in [-0.2, -0.15) is 13.2 Å². The van der Waals surface area contributed by atoms with Crippen LogP contribution in [0.25, 0.3) is 21.8 Å². The third-order valence-electron chi connectivity index (χ3n) is 6.38. The van der Waals surface area contributed by atoms with Crippen molar-refractivity contribution in [2.24, 2.45) is 0 Å². The highest BCUT2D eigenvalue weighted by molar-refractivity contribution is 7.92. The molecule has 0 aliphatic carbocycles. The Morgan fingerprint density at radius 1 is 1.15 bits per heavy atom. The van der Waals surface area contributed by atoms with E-state index >= 15 is 4.39 Å². The summed E-state index contributed by atoms with van der Waals surface area (Å²) < 4.78 is 116. The van der Waals surface area contributed by atoms with Crippen LogP contribution in [0.3, 0.4) is 0 Å². The summed E-state index contributed by atoms with van der Waals surface area (Å²) in [5, 5.41) is 3.36. The Labute approximate surface area is 271 Å². The Kier molecular flexibility index (Phi) is 9.80. The van der Waals surface area contributed by atoms with E-state index in [-0.39, 0.29) is 33.5 Å². The Hall–Kier alpha value is -4.92. The maximum absolute atomic E-state index is 16.1. The zero-order valence-electron chi connectivity index (χ0n) is 23.9. The number of aromatic nitrogens is 3. The van der Waals surface area contributed by atoms with Crippen molar-refractivity contribution in [1.29, 1.82) is 0 Å². The largest absolute Gasteiger partial charge is 0.493 e. The molecule has 0 spiro atoms. The van der Waals surface area contributed by atoms with E-state index in [1.165, 1.54) is 18.2 Å². The lowest BCUT2D eigenvalue weighted by Crippen LogP contribution is -2.38. The van der Waals surface area contributed by atoms with E-state index < -0.39 is 68.1 Å². The summed E-state index contributed by atoms with van der Waals surface area (Å²) in [4.78, 5) is 39.4. The standard InChI is InChI=1S/C28H20F6N6O6S2/c1-2-21(41)40(46-26(42)28(32,33)34)27-36-9-8-18(37-27)24-23(38-25(47-24)19-13-45-11-10-35-19)15-4-3-5-17(22(15)31)39-48(43,44)20-12-14(29)6-7-16(20)30/h2-9,12,19,35,39H,1,10-11,13H2. The van der Waals surface area contributed by atoms with Gasteiger partial charge in [0.2, 0.25) is 0 Å². The minimum absolute atomic E-state index is 0.0595. The third kappa shape index (κ3) is 7.30. The fourth-order valence-electron chi connectivity index (χ4n) is 4.22. The summed E-state index contributed by atoms with van der Waals surface area (Å²) in [6, 6.07) is 5.94. The van der Waals surface area contributed by atoms with Gasteiger partial charge < -0.3 is 14.9 Å². The zero-order valence-corrected chi connectivity index (χ0v) is 25.6. The first kappa shape index (κ1) is 34.4. The van der Waals surface area contributed by atoms with E-state index in [9.17, 15) is 40.0 Å². The van der Waals surface area contributed by atoms with Gasteiger partial charge in [0.05, 0.1) is 41.2 Å². The van der Waals surface area contributed by atoms with E-state index in [1.54, 1.807) is 0 Å². The fourth-order valence-corrected chi connectivity index (χ4v) is 6.48. The quantitative estimate of drug-likeness (QED) is 0.150. The number of hydrogen-bond donors (Lipinski definition) is 2. The molecule has 1 amide bonds. The number of thiazole rings is 1. The zero-order chi connectivity index (χ0) is 34.8. The molecule has 1 atom stereocenters. The molecule has 0 bridgehead atoms. The van der Waals surface area contributed by atoms with Crippen LogP contribution in [0.5, 0.6) is 0 Å². The van der Waals surface area contributed by atoms with Crippen molar-refractivity contribution in [3.8, 4) is 21.8 Å². The van der Waals surface area contributed by atoms with Crippen molar-refractivity contribution < 1.29 is 53.9 Å². The van der Waals surface area contributed by atoms with Gasteiger partial charge in [-0.15, -0.1) is 11.3 Å². The molecule has 48 heavy (non-hydrogen) atoms. The smallest absolute Gasteiger partial charge is 0.378 e. The highest BCUT2D eigenvalue weighted by atomic mass is 32.2. The molecule has 1 aliphatic heterocycles. The van der Waals surface area contributed by atoms with Crippen LogP contribution in [-0.4, -0.2) is 61.2 Å². The van der Waals surface area contributed by atoms with E-state index in [1.807, 2.05) is 4.72 Å². The first-order valence-corrected chi connectivity index (χ1v) is 15.7. The van der Waals surface area contributed by atoms with E-state index in [0.29, 0.717) is 42.4 Å². The molecule has 2 aromatic heterocycles. The molecule has 1 aliphatic rings. The summed E-state index contributed by atoms with van der Waals surface area (Å²) in [5.74, 6) is -8.46. The molecule has 20 heteroatoms. The van der Waals surface area contributed by atoms with Crippen LogP contribution in [0.15, 0.2) is 66.2 Å². The first-order valence-electron chi connectivity index (χ1n) is 13.4. The number of anilines is 2. The molecule has 5 rings (SSSR count). The van der Waals surface area contributed by atoms with Crippen molar-refractivity contribution in [2.45, 2.75) is 17.1 Å². The summed E-state index contributed by atoms with van der Waals surface area (Å²) in [6.07, 6.45) is -3.93. The number of rotatable bonds is 8. The number of nitrogens with one attached hydrogen (secondary N) is 2. The number of carbonyl (C=O) groups excluding carboxylic acids is 2. The molecule has 1 unspecified atom stereocenters. The van der Waals surface area contributed by atoms with Gasteiger partial charge in [-0.3, -0.25) is 9.52 Å². The average molecular weight is 715 g/mol. The Morgan fingerprint density at radius 2 is 1.92 bits per heavy atom. The van der Waals surface area contributed by atoms with Crippen LogP contribution in [0.4, 0.5) is 38.0 Å². The molecule has 3 heterocycles. The Morgan fingerprint density at radius 3 is 2.60 bits per heavy atom. The summed E-state index contributed by atoms with van der Waals surface area (Å²) in [7, 11) is -4.85. The highest BCUT2D eigenvalue weighted by Crippen LogP contribution is 2.41. The molecular formula is C28H20F6N6O6S2. The van der Waals surface area contributed by atoms with Gasteiger partial charge in [0, 0.05) is 18.3 Å². The monoisotopic (exact) mass is 714 g/mol. The van der Waals surface area contributed by atoms with Crippen molar-refractivity contribution >= 4 is 44.9 Å². The second-order valence-electron chi connectivity index (χ2n) is 9.61. The molecule has 2 N–H and O–H groups in total. The summed E-state index contributed by atoms with van der Waals surface area (Å²) in [6.45, 7) is 4.13. The minimum Gasteiger partial charge on any atom is -0.378 e. The predicted octanol–water partition coefficient (Wildman–Crippen LogP) is 4.69. The number of carbonyl (C=O) groups is 2. The molecule has 4 aromatic rings. The number of hydroxylamine groups is 1. The number of hydrogen-bond acceptors (Lipinski definition) is 11. The van der Waals surface area contributed by atoms with Gasteiger partial charge in [0.15, 0.2) is 5.82 Å². The highest BCUT2D eigenvalue weighted by Gasteiger charge is 2.44. The van der Waals surface area contributed by atoms with Crippen LogP contribution < -0.4 is 15.1 Å². The third-order valence-corrected chi connectivity index (χ3v) is 8.95. The summed E-state index contributed by atoms with van der Waals surface area (Å²) >= 11 is 0.943. The van der Waals surface area contributed by atoms with Gasteiger partial charge in [-0.1, -0.05) is 17.7 Å². The van der Waals surface area contributed by atoms with Gasteiger partial charge in [-0.25, -0.2) is 41.3 Å². The Bertz CT molecular complexity index is 2000. The van der Waals surface area contributed by atoms with Crippen molar-refractivity contribution in [3.05, 3.63) is 83.8 Å². The average Bonchev–Trinajstić information content (AvgIpc) is 3.50. The lowest BCUT2D eigenvalue weighted by atomic mass is 10.1. The number of alkyl halides is 3. The second-order valence-corrected chi connectivity index (χ2v) is 12.3.